The first-order valence-electron chi connectivity index (χ1n) is 15.0. The fourth-order valence-corrected chi connectivity index (χ4v) is 5.89. The van der Waals surface area contributed by atoms with Crippen molar-refractivity contribution in [2.75, 3.05) is 38.0 Å². The molecule has 1 saturated heterocycles. The molecule has 0 unspecified atom stereocenters. The van der Waals surface area contributed by atoms with Crippen molar-refractivity contribution in [2.24, 2.45) is 23.2 Å². The standard InChI is InChI=1S/C32H46N2O7S/c1-8-25(29(36)33-15-17-39-18-16-33)34(28(35)23-11-9-22(4)10-12-23)26-19-24(13-14-32(5,6)7)42-27(26)31(38)41-20-40-30(37)21(2)3/h19,21-23,25H,8-12,15-18,20H2,1-7H3/t22?,23?,25-/m0/s1. The number of anilines is 1. The van der Waals surface area contributed by atoms with Crippen LogP contribution in [0.4, 0.5) is 5.69 Å². The lowest BCUT2D eigenvalue weighted by molar-refractivity contribution is -0.155. The van der Waals surface area contributed by atoms with E-state index in [-0.39, 0.29) is 33.9 Å². The molecule has 42 heavy (non-hydrogen) atoms. The Labute approximate surface area is 254 Å². The van der Waals surface area contributed by atoms with Crippen molar-refractivity contribution in [3.05, 3.63) is 15.8 Å². The predicted molar refractivity (Wildman–Crippen MR) is 162 cm³/mol. The van der Waals surface area contributed by atoms with Crippen LogP contribution in [0.25, 0.3) is 0 Å². The van der Waals surface area contributed by atoms with E-state index >= 15 is 0 Å². The second-order valence-electron chi connectivity index (χ2n) is 12.5. The van der Waals surface area contributed by atoms with E-state index in [0.717, 1.165) is 37.0 Å². The first-order chi connectivity index (χ1) is 19.8. The molecule has 0 spiro atoms. The van der Waals surface area contributed by atoms with Gasteiger partial charge in [-0.05, 0) is 64.9 Å². The van der Waals surface area contributed by atoms with Gasteiger partial charge in [-0.3, -0.25) is 19.3 Å². The van der Waals surface area contributed by atoms with Gasteiger partial charge in [0.2, 0.25) is 18.6 Å². The summed E-state index contributed by atoms with van der Waals surface area (Å²) >= 11 is 1.11. The molecule has 1 aromatic rings. The van der Waals surface area contributed by atoms with Crippen LogP contribution >= 0.6 is 11.3 Å². The Morgan fingerprint density at radius 3 is 2.31 bits per heavy atom. The zero-order valence-electron chi connectivity index (χ0n) is 26.1. The van der Waals surface area contributed by atoms with Crippen molar-refractivity contribution in [2.45, 2.75) is 86.6 Å². The summed E-state index contributed by atoms with van der Waals surface area (Å²) in [5, 5.41) is 0. The van der Waals surface area contributed by atoms with Gasteiger partial charge in [0.15, 0.2) is 0 Å². The summed E-state index contributed by atoms with van der Waals surface area (Å²) in [4.78, 5) is 57.7. The highest BCUT2D eigenvalue weighted by Crippen LogP contribution is 2.37. The van der Waals surface area contributed by atoms with E-state index in [1.807, 2.05) is 27.7 Å². The molecule has 2 aliphatic rings. The Balaban J connectivity index is 2.07. The second kappa shape index (κ2) is 15.0. The number of thiophene rings is 1. The van der Waals surface area contributed by atoms with Crippen LogP contribution < -0.4 is 4.90 Å². The third kappa shape index (κ3) is 9.05. The molecule has 9 nitrogen and oxygen atoms in total. The summed E-state index contributed by atoms with van der Waals surface area (Å²) in [5.41, 5.74) is 0.0260. The molecule has 1 aromatic heterocycles. The molecule has 1 atom stereocenters. The minimum Gasteiger partial charge on any atom is -0.428 e. The lowest BCUT2D eigenvalue weighted by atomic mass is 9.82. The van der Waals surface area contributed by atoms with Crippen molar-refractivity contribution in [3.8, 4) is 11.8 Å². The summed E-state index contributed by atoms with van der Waals surface area (Å²) in [6, 6.07) is 0.914. The van der Waals surface area contributed by atoms with Gasteiger partial charge >= 0.3 is 11.9 Å². The van der Waals surface area contributed by atoms with Crippen molar-refractivity contribution in [3.63, 3.8) is 0 Å². The molecule has 1 aliphatic heterocycles. The van der Waals surface area contributed by atoms with Crippen LogP contribution in [0.3, 0.4) is 0 Å². The third-order valence-corrected chi connectivity index (χ3v) is 8.51. The monoisotopic (exact) mass is 602 g/mol. The Morgan fingerprint density at radius 2 is 1.74 bits per heavy atom. The smallest absolute Gasteiger partial charge is 0.353 e. The first-order valence-corrected chi connectivity index (χ1v) is 15.8. The average Bonchev–Trinajstić information content (AvgIpc) is 3.38. The lowest BCUT2D eigenvalue weighted by Crippen LogP contribution is -2.55. The summed E-state index contributed by atoms with van der Waals surface area (Å²) in [6.45, 7) is 14.6. The van der Waals surface area contributed by atoms with E-state index in [0.29, 0.717) is 49.2 Å². The molecule has 2 fully saturated rings. The number of carbonyl (C=O) groups excluding carboxylic acids is 4. The Hall–Kier alpha value is -2.90. The molecule has 0 aromatic carbocycles. The van der Waals surface area contributed by atoms with Crippen LogP contribution in [0.15, 0.2) is 6.07 Å². The molecule has 0 radical (unpaired) electrons. The van der Waals surface area contributed by atoms with Gasteiger partial charge in [0, 0.05) is 24.4 Å². The number of hydrogen-bond donors (Lipinski definition) is 0. The fraction of sp³-hybridized carbons (Fsp3) is 0.688. The molecule has 1 aliphatic carbocycles. The van der Waals surface area contributed by atoms with E-state index < -0.39 is 24.8 Å². The van der Waals surface area contributed by atoms with Crippen molar-refractivity contribution in [1.29, 1.82) is 0 Å². The van der Waals surface area contributed by atoms with Crippen LogP contribution in [0, 0.1) is 35.0 Å². The van der Waals surface area contributed by atoms with E-state index in [2.05, 4.69) is 18.8 Å². The second-order valence-corrected chi connectivity index (χ2v) is 13.6. The van der Waals surface area contributed by atoms with E-state index in [1.54, 1.807) is 24.8 Å². The average molecular weight is 603 g/mol. The van der Waals surface area contributed by atoms with Crippen LogP contribution in [0.1, 0.15) is 95.1 Å². The summed E-state index contributed by atoms with van der Waals surface area (Å²) in [6.07, 6.45) is 3.68. The largest absolute Gasteiger partial charge is 0.428 e. The maximum absolute atomic E-state index is 14.4. The fourth-order valence-electron chi connectivity index (χ4n) is 5.00. The summed E-state index contributed by atoms with van der Waals surface area (Å²) < 4.78 is 15.9. The van der Waals surface area contributed by atoms with Gasteiger partial charge in [-0.15, -0.1) is 11.3 Å². The quantitative estimate of drug-likeness (QED) is 0.216. The number of rotatable bonds is 9. The van der Waals surface area contributed by atoms with E-state index in [1.165, 1.54) is 4.90 Å². The Morgan fingerprint density at radius 1 is 1.10 bits per heavy atom. The summed E-state index contributed by atoms with van der Waals surface area (Å²) in [5.74, 6) is 4.69. The van der Waals surface area contributed by atoms with Crippen molar-refractivity contribution >= 4 is 40.8 Å². The van der Waals surface area contributed by atoms with Gasteiger partial charge in [-0.25, -0.2) is 4.79 Å². The molecular weight excluding hydrogens is 556 g/mol. The van der Waals surface area contributed by atoms with Crippen LogP contribution in [-0.4, -0.2) is 67.8 Å². The highest BCUT2D eigenvalue weighted by atomic mass is 32.1. The molecule has 2 heterocycles. The number of nitrogens with zero attached hydrogens (tertiary/aromatic N) is 2. The molecular formula is C32H46N2O7S. The molecule has 10 heteroatoms. The molecule has 0 N–H and O–H groups in total. The van der Waals surface area contributed by atoms with Crippen LogP contribution in [-0.2, 0) is 28.6 Å². The maximum atomic E-state index is 14.4. The predicted octanol–water partition coefficient (Wildman–Crippen LogP) is 5.26. The first kappa shape index (κ1) is 33.6. The number of morpholine rings is 1. The number of ether oxygens (including phenoxy) is 3. The van der Waals surface area contributed by atoms with Gasteiger partial charge in [0.1, 0.15) is 10.9 Å². The minimum absolute atomic E-state index is 0.152. The highest BCUT2D eigenvalue weighted by Gasteiger charge is 2.40. The number of amides is 2. The third-order valence-electron chi connectivity index (χ3n) is 7.49. The normalized spacial score (nSPS) is 19.9. The Kier molecular flexibility index (Phi) is 12.0. The van der Waals surface area contributed by atoms with E-state index in [9.17, 15) is 19.2 Å². The minimum atomic E-state index is -0.807. The van der Waals surface area contributed by atoms with Gasteiger partial charge in [0.25, 0.3) is 0 Å². The van der Waals surface area contributed by atoms with E-state index in [4.69, 9.17) is 14.2 Å². The number of esters is 2. The molecule has 2 amide bonds. The number of carbonyl (C=O) groups is 4. The van der Waals surface area contributed by atoms with Crippen LogP contribution in [0.2, 0.25) is 0 Å². The maximum Gasteiger partial charge on any atom is 0.353 e. The zero-order chi connectivity index (χ0) is 31.0. The van der Waals surface area contributed by atoms with Gasteiger partial charge in [-0.1, -0.05) is 39.5 Å². The molecule has 3 rings (SSSR count). The van der Waals surface area contributed by atoms with Gasteiger partial charge in [0.05, 0.1) is 29.7 Å². The zero-order valence-corrected chi connectivity index (χ0v) is 26.9. The van der Waals surface area contributed by atoms with Gasteiger partial charge in [-0.2, -0.15) is 0 Å². The molecule has 1 saturated carbocycles. The molecule has 0 bridgehead atoms. The Bertz CT molecular complexity index is 1180. The summed E-state index contributed by atoms with van der Waals surface area (Å²) in [7, 11) is 0. The van der Waals surface area contributed by atoms with Crippen LogP contribution in [0.5, 0.6) is 0 Å². The molecule has 232 valence electrons. The topological polar surface area (TPSA) is 102 Å². The lowest BCUT2D eigenvalue weighted by Gasteiger charge is -2.38. The van der Waals surface area contributed by atoms with Crippen molar-refractivity contribution < 1.29 is 33.4 Å². The van der Waals surface area contributed by atoms with Gasteiger partial charge < -0.3 is 19.1 Å². The number of hydrogen-bond acceptors (Lipinski definition) is 8. The SMILES string of the molecule is CC[C@@H](C(=O)N1CCOCC1)N(C(=O)C1CCC(C)CC1)c1cc(C#CC(C)(C)C)sc1C(=O)OCOC(=O)C(C)C. The highest BCUT2D eigenvalue weighted by molar-refractivity contribution is 7.15. The van der Waals surface area contributed by atoms with Crippen molar-refractivity contribution in [1.82, 2.24) is 4.90 Å².